The maximum atomic E-state index is 12.7. The van der Waals surface area contributed by atoms with Gasteiger partial charge in [0.25, 0.3) is 0 Å². The predicted molar refractivity (Wildman–Crippen MR) is 119 cm³/mol. The largest absolute Gasteiger partial charge is 0.466 e. The zero-order valence-corrected chi connectivity index (χ0v) is 19.5. The van der Waals surface area contributed by atoms with Gasteiger partial charge in [-0.15, -0.1) is 0 Å². The zero-order chi connectivity index (χ0) is 23.5. The molecule has 32 heavy (non-hydrogen) atoms. The quantitative estimate of drug-likeness (QED) is 0.664. The number of amides is 3. The van der Waals surface area contributed by atoms with Crippen LogP contribution in [0.5, 0.6) is 0 Å². The zero-order valence-electron chi connectivity index (χ0n) is 18.7. The first-order chi connectivity index (χ1) is 15.1. The van der Waals surface area contributed by atoms with Gasteiger partial charge in [-0.2, -0.15) is 0 Å². The molecule has 0 aliphatic carbocycles. The summed E-state index contributed by atoms with van der Waals surface area (Å²) in [6, 6.07) is 5.88. The molecule has 1 aromatic carbocycles. The Morgan fingerprint density at radius 1 is 1.16 bits per heavy atom. The average molecular weight is 465 g/mol. The van der Waals surface area contributed by atoms with Crippen molar-refractivity contribution in [3.63, 3.8) is 0 Å². The van der Waals surface area contributed by atoms with Crippen molar-refractivity contribution < 1.29 is 23.9 Å². The number of methoxy groups -OCH3 is 1. The van der Waals surface area contributed by atoms with Gasteiger partial charge in [0.15, 0.2) is 0 Å². The van der Waals surface area contributed by atoms with Gasteiger partial charge in [-0.05, 0) is 32.4 Å². The Bertz CT molecular complexity index is 919. The molecule has 2 heterocycles. The predicted octanol–water partition coefficient (Wildman–Crippen LogP) is 2.67. The Labute approximate surface area is 192 Å². The number of halogens is 1. The standard InChI is InChI=1S/C22H29ClN4O5/c1-22(2,3)32-21(30)27-11-9-26(10-12-27)13-16-17(19(28)31-4)18(25-20(29)24-16)14-7-5-6-8-15(14)23/h5-8,18H,9-13H2,1-4H3,(H2,24,25,29)/t18-/m1/s1. The molecule has 1 aromatic rings. The second kappa shape index (κ2) is 9.79. The number of carbonyl (C=O) groups is 3. The van der Waals surface area contributed by atoms with Crippen LogP contribution < -0.4 is 10.6 Å². The fraction of sp³-hybridized carbons (Fsp3) is 0.500. The molecule has 2 N–H and O–H groups in total. The Morgan fingerprint density at radius 2 is 1.81 bits per heavy atom. The fourth-order valence-corrected chi connectivity index (χ4v) is 3.92. The minimum absolute atomic E-state index is 0.301. The molecule has 2 aliphatic heterocycles. The SMILES string of the molecule is COC(=O)C1=C(CN2CCN(C(=O)OC(C)(C)C)CC2)NC(=O)N[C@@H]1c1ccccc1Cl. The molecule has 0 radical (unpaired) electrons. The monoisotopic (exact) mass is 464 g/mol. The van der Waals surface area contributed by atoms with E-state index in [1.807, 2.05) is 20.8 Å². The molecule has 1 saturated heterocycles. The summed E-state index contributed by atoms with van der Waals surface area (Å²) in [6.07, 6.45) is -0.347. The van der Waals surface area contributed by atoms with Crippen molar-refractivity contribution in [1.29, 1.82) is 0 Å². The number of piperazine rings is 1. The van der Waals surface area contributed by atoms with Crippen LogP contribution in [0.1, 0.15) is 32.4 Å². The Balaban J connectivity index is 1.79. The lowest BCUT2D eigenvalue weighted by atomic mass is 9.95. The smallest absolute Gasteiger partial charge is 0.410 e. The molecule has 2 aliphatic rings. The average Bonchev–Trinajstić information content (AvgIpc) is 2.72. The lowest BCUT2D eigenvalue weighted by Crippen LogP contribution is -2.53. The maximum Gasteiger partial charge on any atom is 0.410 e. The first kappa shape index (κ1) is 23.9. The molecule has 1 atom stereocenters. The van der Waals surface area contributed by atoms with Crippen LogP contribution in [0.4, 0.5) is 9.59 Å². The van der Waals surface area contributed by atoms with Crippen molar-refractivity contribution >= 4 is 29.7 Å². The first-order valence-electron chi connectivity index (χ1n) is 10.4. The van der Waals surface area contributed by atoms with Crippen molar-refractivity contribution in [1.82, 2.24) is 20.4 Å². The second-order valence-electron chi connectivity index (χ2n) is 8.68. The van der Waals surface area contributed by atoms with E-state index in [0.717, 1.165) is 0 Å². The van der Waals surface area contributed by atoms with Gasteiger partial charge in [-0.3, -0.25) is 4.90 Å². The van der Waals surface area contributed by atoms with E-state index in [4.69, 9.17) is 21.1 Å². The number of nitrogens with zero attached hydrogens (tertiary/aromatic N) is 2. The summed E-state index contributed by atoms with van der Waals surface area (Å²) >= 11 is 6.34. The molecule has 174 valence electrons. The van der Waals surface area contributed by atoms with E-state index in [1.54, 1.807) is 29.2 Å². The third kappa shape index (κ3) is 5.72. The third-order valence-corrected chi connectivity index (χ3v) is 5.53. The van der Waals surface area contributed by atoms with Gasteiger partial charge in [0.05, 0.1) is 18.7 Å². The van der Waals surface area contributed by atoms with E-state index < -0.39 is 23.6 Å². The van der Waals surface area contributed by atoms with Crippen molar-refractivity contribution in [2.45, 2.75) is 32.4 Å². The lowest BCUT2D eigenvalue weighted by molar-refractivity contribution is -0.136. The molecule has 9 nitrogen and oxygen atoms in total. The van der Waals surface area contributed by atoms with E-state index in [2.05, 4.69) is 15.5 Å². The number of urea groups is 1. The maximum absolute atomic E-state index is 12.7. The number of hydrogen-bond donors (Lipinski definition) is 2. The van der Waals surface area contributed by atoms with E-state index >= 15 is 0 Å². The fourth-order valence-electron chi connectivity index (χ4n) is 3.67. The van der Waals surface area contributed by atoms with E-state index in [-0.39, 0.29) is 6.09 Å². The molecule has 0 unspecified atom stereocenters. The number of carbonyl (C=O) groups excluding carboxylic acids is 3. The van der Waals surface area contributed by atoms with Crippen LogP contribution in [0.15, 0.2) is 35.5 Å². The van der Waals surface area contributed by atoms with Gasteiger partial charge >= 0.3 is 18.1 Å². The van der Waals surface area contributed by atoms with Gasteiger partial charge in [-0.1, -0.05) is 29.8 Å². The highest BCUT2D eigenvalue weighted by atomic mass is 35.5. The van der Waals surface area contributed by atoms with E-state index in [1.165, 1.54) is 7.11 Å². The number of ether oxygens (including phenoxy) is 2. The normalized spacial score (nSPS) is 19.8. The topological polar surface area (TPSA) is 100 Å². The van der Waals surface area contributed by atoms with Crippen molar-refractivity contribution in [2.24, 2.45) is 0 Å². The molecule has 10 heteroatoms. The number of hydrogen-bond acceptors (Lipinski definition) is 6. The van der Waals surface area contributed by atoms with Crippen molar-refractivity contribution in [3.05, 3.63) is 46.1 Å². The summed E-state index contributed by atoms with van der Waals surface area (Å²) in [7, 11) is 1.30. The van der Waals surface area contributed by atoms with Gasteiger partial charge in [-0.25, -0.2) is 14.4 Å². The van der Waals surface area contributed by atoms with Crippen LogP contribution in [0.25, 0.3) is 0 Å². The van der Waals surface area contributed by atoms with Crippen LogP contribution in [0.2, 0.25) is 5.02 Å². The highest BCUT2D eigenvalue weighted by Crippen LogP contribution is 2.32. The van der Waals surface area contributed by atoms with Crippen molar-refractivity contribution in [2.75, 3.05) is 39.8 Å². The minimum atomic E-state index is -0.733. The van der Waals surface area contributed by atoms with Gasteiger partial charge in [0.2, 0.25) is 0 Å². The van der Waals surface area contributed by atoms with Crippen LogP contribution in [-0.2, 0) is 14.3 Å². The van der Waals surface area contributed by atoms with E-state index in [9.17, 15) is 14.4 Å². The molecular weight excluding hydrogens is 436 g/mol. The Kier molecular flexibility index (Phi) is 7.30. The van der Waals surface area contributed by atoms with E-state index in [0.29, 0.717) is 54.6 Å². The number of nitrogens with one attached hydrogen (secondary N) is 2. The number of esters is 1. The van der Waals surface area contributed by atoms with Crippen LogP contribution >= 0.6 is 11.6 Å². The number of rotatable bonds is 4. The van der Waals surface area contributed by atoms with Gasteiger partial charge in [0.1, 0.15) is 5.60 Å². The van der Waals surface area contributed by atoms with Gasteiger partial charge in [0, 0.05) is 43.4 Å². The second-order valence-corrected chi connectivity index (χ2v) is 9.09. The minimum Gasteiger partial charge on any atom is -0.466 e. The number of benzene rings is 1. The molecule has 0 bridgehead atoms. The molecule has 3 rings (SSSR count). The third-order valence-electron chi connectivity index (χ3n) is 5.18. The molecule has 1 fully saturated rings. The first-order valence-corrected chi connectivity index (χ1v) is 10.8. The van der Waals surface area contributed by atoms with Crippen LogP contribution in [-0.4, -0.2) is 73.3 Å². The van der Waals surface area contributed by atoms with Crippen LogP contribution in [0.3, 0.4) is 0 Å². The highest BCUT2D eigenvalue weighted by Gasteiger charge is 2.35. The molecule has 0 aromatic heterocycles. The molecule has 0 saturated carbocycles. The molecule has 3 amide bonds. The summed E-state index contributed by atoms with van der Waals surface area (Å²) in [5, 5.41) is 5.96. The summed E-state index contributed by atoms with van der Waals surface area (Å²) in [5.74, 6) is -0.551. The van der Waals surface area contributed by atoms with Crippen molar-refractivity contribution in [3.8, 4) is 0 Å². The Morgan fingerprint density at radius 3 is 2.41 bits per heavy atom. The summed E-state index contributed by atoms with van der Waals surface area (Å²) < 4.78 is 10.4. The summed E-state index contributed by atoms with van der Waals surface area (Å²) in [6.45, 7) is 7.91. The highest BCUT2D eigenvalue weighted by molar-refractivity contribution is 6.31. The Hall–Kier alpha value is -2.78. The molecular formula is C22H29ClN4O5. The van der Waals surface area contributed by atoms with Gasteiger partial charge < -0.3 is 25.0 Å². The lowest BCUT2D eigenvalue weighted by Gasteiger charge is -2.37. The molecule has 0 spiro atoms. The van der Waals surface area contributed by atoms with Crippen LogP contribution in [0, 0.1) is 0 Å². The summed E-state index contributed by atoms with van der Waals surface area (Å²) in [5.41, 5.74) is 0.810. The summed E-state index contributed by atoms with van der Waals surface area (Å²) in [4.78, 5) is 41.1.